The lowest BCUT2D eigenvalue weighted by molar-refractivity contribution is -0.384. The van der Waals surface area contributed by atoms with Gasteiger partial charge in [-0.05, 0) is 30.7 Å². The average Bonchev–Trinajstić information content (AvgIpc) is 2.34. The molecule has 1 rings (SSSR count). The highest BCUT2D eigenvalue weighted by Gasteiger charge is 2.02. The van der Waals surface area contributed by atoms with Crippen LogP contribution in [-0.2, 0) is 9.53 Å². The number of carbonyl (C=O) groups is 1. The number of rotatable bonds is 5. The number of hydrogen-bond acceptors (Lipinski definition) is 4. The number of hydrogen-bond donors (Lipinski definition) is 0. The molecular formula is C13H13NO4. The van der Waals surface area contributed by atoms with Crippen LogP contribution < -0.4 is 0 Å². The second kappa shape index (κ2) is 6.34. The fraction of sp³-hybridized carbons (Fsp3) is 0.154. The van der Waals surface area contributed by atoms with Crippen LogP contribution in [0.2, 0.25) is 0 Å². The summed E-state index contributed by atoms with van der Waals surface area (Å²) in [7, 11) is 0. The van der Waals surface area contributed by atoms with Crippen molar-refractivity contribution in [1.82, 2.24) is 0 Å². The van der Waals surface area contributed by atoms with E-state index in [2.05, 4.69) is 6.58 Å². The Morgan fingerprint density at radius 1 is 1.44 bits per heavy atom. The highest BCUT2D eigenvalue weighted by molar-refractivity contribution is 5.87. The summed E-state index contributed by atoms with van der Waals surface area (Å²) in [4.78, 5) is 21.0. The molecule has 0 fully saturated rings. The summed E-state index contributed by atoms with van der Waals surface area (Å²) in [6.07, 6.45) is 3.37. The fourth-order valence-corrected chi connectivity index (χ4v) is 1.14. The average molecular weight is 247 g/mol. The summed E-state index contributed by atoms with van der Waals surface area (Å²) in [5, 5.41) is 10.4. The molecular weight excluding hydrogens is 234 g/mol. The molecule has 0 heterocycles. The maximum atomic E-state index is 11.0. The molecule has 0 saturated heterocycles. The Kier molecular flexibility index (Phi) is 4.80. The second-order valence-corrected chi connectivity index (χ2v) is 3.63. The molecule has 5 heteroatoms. The van der Waals surface area contributed by atoms with Gasteiger partial charge in [0.05, 0.1) is 4.92 Å². The van der Waals surface area contributed by atoms with Crippen molar-refractivity contribution in [3.8, 4) is 0 Å². The third-order valence-electron chi connectivity index (χ3n) is 2.07. The van der Waals surface area contributed by atoms with E-state index in [1.807, 2.05) is 0 Å². The van der Waals surface area contributed by atoms with Crippen molar-refractivity contribution in [3.63, 3.8) is 0 Å². The van der Waals surface area contributed by atoms with E-state index in [1.165, 1.54) is 12.1 Å². The number of ether oxygens (including phenoxy) is 1. The van der Waals surface area contributed by atoms with Crippen LogP contribution in [0.1, 0.15) is 12.5 Å². The van der Waals surface area contributed by atoms with E-state index in [1.54, 1.807) is 31.2 Å². The van der Waals surface area contributed by atoms with Gasteiger partial charge >= 0.3 is 5.97 Å². The van der Waals surface area contributed by atoms with E-state index >= 15 is 0 Å². The Bertz CT molecular complexity index is 488. The van der Waals surface area contributed by atoms with Gasteiger partial charge in [0.1, 0.15) is 6.61 Å². The summed E-state index contributed by atoms with van der Waals surface area (Å²) in [6.45, 7) is 5.17. The first kappa shape index (κ1) is 13.6. The zero-order valence-electron chi connectivity index (χ0n) is 9.96. The first-order chi connectivity index (χ1) is 8.50. The van der Waals surface area contributed by atoms with E-state index in [9.17, 15) is 14.9 Å². The van der Waals surface area contributed by atoms with E-state index in [0.717, 1.165) is 5.56 Å². The van der Waals surface area contributed by atoms with Crippen LogP contribution in [0.15, 0.2) is 42.5 Å². The van der Waals surface area contributed by atoms with E-state index in [4.69, 9.17) is 4.74 Å². The molecule has 0 spiro atoms. The smallest absolute Gasteiger partial charge is 0.333 e. The quantitative estimate of drug-likeness (QED) is 0.347. The lowest BCUT2D eigenvalue weighted by Gasteiger charge is -1.99. The molecule has 1 aromatic carbocycles. The minimum atomic E-state index is -0.456. The minimum absolute atomic E-state index is 0.0425. The van der Waals surface area contributed by atoms with Gasteiger partial charge in [0.2, 0.25) is 0 Å². The zero-order chi connectivity index (χ0) is 13.5. The first-order valence-electron chi connectivity index (χ1n) is 5.24. The van der Waals surface area contributed by atoms with Gasteiger partial charge in [-0.25, -0.2) is 4.79 Å². The summed E-state index contributed by atoms with van der Waals surface area (Å²) in [6, 6.07) is 6.07. The fourth-order valence-electron chi connectivity index (χ4n) is 1.14. The Labute approximate surface area is 105 Å². The molecule has 0 aliphatic rings. The molecule has 5 nitrogen and oxygen atoms in total. The van der Waals surface area contributed by atoms with Gasteiger partial charge in [-0.2, -0.15) is 0 Å². The number of esters is 1. The molecule has 0 amide bonds. The van der Waals surface area contributed by atoms with E-state index < -0.39 is 10.9 Å². The van der Waals surface area contributed by atoms with Gasteiger partial charge < -0.3 is 4.74 Å². The maximum Gasteiger partial charge on any atom is 0.333 e. The summed E-state index contributed by atoms with van der Waals surface area (Å²) in [5.74, 6) is -0.441. The molecule has 0 bridgehead atoms. The number of carbonyl (C=O) groups excluding carboxylic acids is 1. The normalized spacial score (nSPS) is 10.3. The van der Waals surface area contributed by atoms with Crippen LogP contribution in [0.4, 0.5) is 5.69 Å². The lowest BCUT2D eigenvalue weighted by atomic mass is 10.2. The maximum absolute atomic E-state index is 11.0. The van der Waals surface area contributed by atoms with Crippen molar-refractivity contribution in [1.29, 1.82) is 0 Å². The first-order valence-corrected chi connectivity index (χ1v) is 5.24. The summed E-state index contributed by atoms with van der Waals surface area (Å²) >= 11 is 0. The number of nitrogens with zero attached hydrogens (tertiary/aromatic N) is 1. The summed E-state index contributed by atoms with van der Waals surface area (Å²) < 4.78 is 4.85. The van der Waals surface area contributed by atoms with Gasteiger partial charge in [0.15, 0.2) is 0 Å². The van der Waals surface area contributed by atoms with Crippen LogP contribution >= 0.6 is 0 Å². The predicted octanol–water partition coefficient (Wildman–Crippen LogP) is 2.73. The third kappa shape index (κ3) is 4.21. The van der Waals surface area contributed by atoms with Gasteiger partial charge in [-0.1, -0.05) is 12.7 Å². The van der Waals surface area contributed by atoms with Crippen molar-refractivity contribution in [2.45, 2.75) is 6.92 Å². The van der Waals surface area contributed by atoms with Gasteiger partial charge in [0.25, 0.3) is 5.69 Å². The minimum Gasteiger partial charge on any atom is -0.458 e. The van der Waals surface area contributed by atoms with E-state index in [0.29, 0.717) is 5.57 Å². The van der Waals surface area contributed by atoms with Gasteiger partial charge in [-0.15, -0.1) is 0 Å². The topological polar surface area (TPSA) is 69.4 Å². The molecule has 0 N–H and O–H groups in total. The highest BCUT2D eigenvalue weighted by atomic mass is 16.6. The summed E-state index contributed by atoms with van der Waals surface area (Å²) in [5.41, 5.74) is 1.19. The lowest BCUT2D eigenvalue weighted by Crippen LogP contribution is -2.04. The molecule has 0 unspecified atom stereocenters. The van der Waals surface area contributed by atoms with Crippen molar-refractivity contribution in [2.75, 3.05) is 6.61 Å². The molecule has 0 aliphatic heterocycles. The van der Waals surface area contributed by atoms with E-state index in [-0.39, 0.29) is 12.3 Å². The Hall–Kier alpha value is -2.43. The molecule has 0 saturated carbocycles. The van der Waals surface area contributed by atoms with Crippen LogP contribution in [0.25, 0.3) is 6.08 Å². The molecule has 0 aliphatic carbocycles. The van der Waals surface area contributed by atoms with Gasteiger partial charge in [-0.3, -0.25) is 10.1 Å². The third-order valence-corrected chi connectivity index (χ3v) is 2.07. The van der Waals surface area contributed by atoms with Crippen molar-refractivity contribution < 1.29 is 14.5 Å². The molecule has 1 aromatic rings. The Balaban J connectivity index is 2.50. The molecule has 94 valence electrons. The van der Waals surface area contributed by atoms with Crippen molar-refractivity contribution >= 4 is 17.7 Å². The predicted molar refractivity (Wildman–Crippen MR) is 67.9 cm³/mol. The van der Waals surface area contributed by atoms with Crippen LogP contribution in [-0.4, -0.2) is 17.5 Å². The number of non-ortho nitro benzene ring substituents is 1. The molecule has 0 atom stereocenters. The Morgan fingerprint density at radius 2 is 2.06 bits per heavy atom. The monoisotopic (exact) mass is 247 g/mol. The SMILES string of the molecule is C=C(C)C(=O)OCC=Cc1ccc([N+](=O)[O-])cc1. The van der Waals surface area contributed by atoms with Gasteiger partial charge in [0, 0.05) is 17.7 Å². The second-order valence-electron chi connectivity index (χ2n) is 3.63. The van der Waals surface area contributed by atoms with Crippen LogP contribution in [0.3, 0.4) is 0 Å². The van der Waals surface area contributed by atoms with Crippen LogP contribution in [0.5, 0.6) is 0 Å². The molecule has 0 radical (unpaired) electrons. The largest absolute Gasteiger partial charge is 0.458 e. The molecule has 0 aromatic heterocycles. The zero-order valence-corrected chi connectivity index (χ0v) is 9.96. The number of nitro groups is 1. The highest BCUT2D eigenvalue weighted by Crippen LogP contribution is 2.12. The number of benzene rings is 1. The number of nitro benzene ring substituents is 1. The molecule has 18 heavy (non-hydrogen) atoms. The van der Waals surface area contributed by atoms with Crippen molar-refractivity contribution in [3.05, 3.63) is 58.2 Å². The van der Waals surface area contributed by atoms with Crippen molar-refractivity contribution in [2.24, 2.45) is 0 Å². The standard InChI is InChI=1S/C13H13NO4/c1-10(2)13(15)18-9-3-4-11-5-7-12(8-6-11)14(16)17/h3-8H,1,9H2,2H3. The van der Waals surface area contributed by atoms with Crippen LogP contribution in [0, 0.1) is 10.1 Å². The Morgan fingerprint density at radius 3 is 2.56 bits per heavy atom.